The molecule has 0 saturated carbocycles. The molecule has 3 aromatic carbocycles. The molecule has 0 aliphatic heterocycles. The Morgan fingerprint density at radius 2 is 1.00 bits per heavy atom. The molecule has 32 heavy (non-hydrogen) atoms. The van der Waals surface area contributed by atoms with Crippen LogP contribution in [0.3, 0.4) is 0 Å². The number of benzene rings is 3. The van der Waals surface area contributed by atoms with Gasteiger partial charge in [-0.25, -0.2) is 9.59 Å². The summed E-state index contributed by atoms with van der Waals surface area (Å²) in [6.07, 6.45) is 0. The molecule has 0 aliphatic carbocycles. The van der Waals surface area contributed by atoms with Crippen LogP contribution in [0.2, 0.25) is 0 Å². The zero-order valence-electron chi connectivity index (χ0n) is 18.6. The molecule has 0 fully saturated rings. The Labute approximate surface area is 187 Å². The molecule has 0 radical (unpaired) electrons. The van der Waals surface area contributed by atoms with Gasteiger partial charge in [-0.05, 0) is 100 Å². The van der Waals surface area contributed by atoms with Crippen LogP contribution in [0, 0.1) is 0 Å². The van der Waals surface area contributed by atoms with Crippen LogP contribution in [0.4, 0.5) is 0 Å². The van der Waals surface area contributed by atoms with Crippen LogP contribution >= 0.6 is 0 Å². The molecule has 166 valence electrons. The van der Waals surface area contributed by atoms with Crippen LogP contribution in [-0.4, -0.2) is 24.1 Å². The lowest BCUT2D eigenvalue weighted by molar-refractivity contribution is 0.0719. The summed E-state index contributed by atoms with van der Waals surface area (Å²) in [6.45, 7) is 8.30. The first kappa shape index (κ1) is 22.9. The second-order valence-electron chi connectivity index (χ2n) is 7.95. The van der Waals surface area contributed by atoms with Gasteiger partial charge in [0.2, 0.25) is 0 Å². The van der Waals surface area contributed by atoms with E-state index in [0.717, 1.165) is 0 Å². The van der Waals surface area contributed by atoms with Gasteiger partial charge in [0.05, 0.1) is 17.7 Å². The first-order chi connectivity index (χ1) is 15.2. The molecule has 3 aromatic rings. The molecule has 0 atom stereocenters. The van der Waals surface area contributed by atoms with Gasteiger partial charge in [0.25, 0.3) is 0 Å². The molecule has 3 rings (SSSR count). The molecule has 6 heteroatoms. The number of esters is 2. The Balaban J connectivity index is 1.57. The maximum Gasteiger partial charge on any atom is 0.343 e. The van der Waals surface area contributed by atoms with E-state index < -0.39 is 11.9 Å². The van der Waals surface area contributed by atoms with Crippen molar-refractivity contribution in [3.8, 4) is 23.0 Å². The van der Waals surface area contributed by atoms with Crippen LogP contribution in [0.1, 0.15) is 48.4 Å². The molecule has 0 spiro atoms. The molecule has 6 nitrogen and oxygen atoms in total. The van der Waals surface area contributed by atoms with Crippen LogP contribution in [0.15, 0.2) is 72.8 Å². The fraction of sp³-hybridized carbons (Fsp3) is 0.231. The van der Waals surface area contributed by atoms with Crippen molar-refractivity contribution >= 4 is 11.9 Å². The second-order valence-corrected chi connectivity index (χ2v) is 7.95. The van der Waals surface area contributed by atoms with Crippen LogP contribution < -0.4 is 18.9 Å². The molecule has 0 aromatic heterocycles. The number of rotatable bonds is 7. The van der Waals surface area contributed by atoms with E-state index in [-0.39, 0.29) is 5.60 Å². The Bertz CT molecular complexity index is 1050. The van der Waals surface area contributed by atoms with Crippen molar-refractivity contribution in [3.63, 3.8) is 0 Å². The normalized spacial score (nSPS) is 10.9. The third kappa shape index (κ3) is 6.60. The van der Waals surface area contributed by atoms with Crippen molar-refractivity contribution in [2.45, 2.75) is 33.3 Å². The number of hydrogen-bond acceptors (Lipinski definition) is 6. The maximum absolute atomic E-state index is 12.4. The number of carbonyl (C=O) groups is 2. The average Bonchev–Trinajstić information content (AvgIpc) is 2.75. The number of hydrogen-bond donors (Lipinski definition) is 0. The van der Waals surface area contributed by atoms with Crippen molar-refractivity contribution in [2.75, 3.05) is 6.61 Å². The average molecular weight is 434 g/mol. The van der Waals surface area contributed by atoms with E-state index >= 15 is 0 Å². The largest absolute Gasteiger partial charge is 0.494 e. The lowest BCUT2D eigenvalue weighted by atomic mass is 10.1. The Morgan fingerprint density at radius 3 is 1.38 bits per heavy atom. The van der Waals surface area contributed by atoms with Gasteiger partial charge in [0.1, 0.15) is 28.6 Å². The monoisotopic (exact) mass is 434 g/mol. The van der Waals surface area contributed by atoms with E-state index in [4.69, 9.17) is 18.9 Å². The molecule has 0 amide bonds. The Hall–Kier alpha value is -3.80. The van der Waals surface area contributed by atoms with E-state index in [9.17, 15) is 9.59 Å². The molecule has 0 N–H and O–H groups in total. The van der Waals surface area contributed by atoms with Crippen LogP contribution in [-0.2, 0) is 0 Å². The predicted molar refractivity (Wildman–Crippen MR) is 121 cm³/mol. The fourth-order valence-electron chi connectivity index (χ4n) is 2.77. The van der Waals surface area contributed by atoms with Crippen LogP contribution in [0.5, 0.6) is 23.0 Å². The predicted octanol–water partition coefficient (Wildman–Crippen LogP) is 5.70. The molecule has 0 bridgehead atoms. The highest BCUT2D eigenvalue weighted by atomic mass is 16.5. The topological polar surface area (TPSA) is 71.1 Å². The van der Waals surface area contributed by atoms with Gasteiger partial charge in [-0.15, -0.1) is 0 Å². The fourth-order valence-corrected chi connectivity index (χ4v) is 2.77. The van der Waals surface area contributed by atoms with Crippen molar-refractivity contribution in [1.82, 2.24) is 0 Å². The summed E-state index contributed by atoms with van der Waals surface area (Å²) < 4.78 is 21.9. The second kappa shape index (κ2) is 10.0. The molecule has 0 heterocycles. The summed E-state index contributed by atoms with van der Waals surface area (Å²) in [7, 11) is 0. The summed E-state index contributed by atoms with van der Waals surface area (Å²) in [5.41, 5.74) is 0.486. The molecular weight excluding hydrogens is 408 g/mol. The summed E-state index contributed by atoms with van der Waals surface area (Å²) in [5, 5.41) is 0. The third-order valence-electron chi connectivity index (χ3n) is 4.16. The van der Waals surface area contributed by atoms with Gasteiger partial charge < -0.3 is 18.9 Å². The van der Waals surface area contributed by atoms with E-state index in [0.29, 0.717) is 40.7 Å². The quantitative estimate of drug-likeness (QED) is 0.351. The minimum atomic E-state index is -0.494. The maximum atomic E-state index is 12.4. The zero-order chi connectivity index (χ0) is 23.1. The van der Waals surface area contributed by atoms with Gasteiger partial charge in [-0.2, -0.15) is 0 Å². The van der Waals surface area contributed by atoms with Crippen molar-refractivity contribution in [1.29, 1.82) is 0 Å². The highest BCUT2D eigenvalue weighted by Gasteiger charge is 2.14. The first-order valence-electron chi connectivity index (χ1n) is 10.3. The van der Waals surface area contributed by atoms with E-state index in [2.05, 4.69) is 0 Å². The minimum absolute atomic E-state index is 0.319. The van der Waals surface area contributed by atoms with Crippen molar-refractivity contribution in [3.05, 3.63) is 83.9 Å². The molecule has 0 aliphatic rings. The lowest BCUT2D eigenvalue weighted by Crippen LogP contribution is -2.22. The van der Waals surface area contributed by atoms with Gasteiger partial charge in [0.15, 0.2) is 0 Å². The Morgan fingerprint density at radius 1 is 0.625 bits per heavy atom. The third-order valence-corrected chi connectivity index (χ3v) is 4.16. The SMILES string of the molecule is CCOc1ccc(C(=O)Oc2ccc(OC(=O)c3ccc(OC(C)(C)C)cc3)cc2)cc1. The zero-order valence-corrected chi connectivity index (χ0v) is 18.6. The van der Waals surface area contributed by atoms with E-state index in [1.807, 2.05) is 27.7 Å². The summed E-state index contributed by atoms with van der Waals surface area (Å²) in [4.78, 5) is 24.7. The minimum Gasteiger partial charge on any atom is -0.494 e. The highest BCUT2D eigenvalue weighted by Crippen LogP contribution is 2.22. The van der Waals surface area contributed by atoms with Crippen LogP contribution in [0.25, 0.3) is 0 Å². The van der Waals surface area contributed by atoms with Gasteiger partial charge in [-0.1, -0.05) is 0 Å². The molecule has 0 saturated heterocycles. The Kier molecular flexibility index (Phi) is 7.15. The molecule has 0 unspecified atom stereocenters. The van der Waals surface area contributed by atoms with Gasteiger partial charge in [0, 0.05) is 0 Å². The smallest absolute Gasteiger partial charge is 0.343 e. The standard InChI is InChI=1S/C26H26O6/c1-5-29-20-10-6-18(7-11-20)24(27)30-21-14-16-22(17-15-21)31-25(28)19-8-12-23(13-9-19)32-26(2,3)4/h6-17H,5H2,1-4H3. The van der Waals surface area contributed by atoms with Gasteiger partial charge in [-0.3, -0.25) is 0 Å². The first-order valence-corrected chi connectivity index (χ1v) is 10.3. The number of ether oxygens (including phenoxy) is 4. The summed E-state index contributed by atoms with van der Waals surface area (Å²) in [5.74, 6) is 1.05. The summed E-state index contributed by atoms with van der Waals surface area (Å²) >= 11 is 0. The van der Waals surface area contributed by atoms with E-state index in [1.54, 1.807) is 72.8 Å². The van der Waals surface area contributed by atoms with Gasteiger partial charge >= 0.3 is 11.9 Å². The van der Waals surface area contributed by atoms with Crippen molar-refractivity contribution < 1.29 is 28.5 Å². The lowest BCUT2D eigenvalue weighted by Gasteiger charge is -2.21. The summed E-state index contributed by atoms with van der Waals surface area (Å²) in [6, 6.07) is 19.7. The number of carbonyl (C=O) groups excluding carboxylic acids is 2. The van der Waals surface area contributed by atoms with E-state index in [1.165, 1.54) is 0 Å². The van der Waals surface area contributed by atoms with Crippen molar-refractivity contribution in [2.24, 2.45) is 0 Å². The molecular formula is C26H26O6. The highest BCUT2D eigenvalue weighted by molar-refractivity contribution is 5.92.